The second-order valence-electron chi connectivity index (χ2n) is 6.18. The Kier molecular flexibility index (Phi) is 5.48. The third kappa shape index (κ3) is 4.00. The Morgan fingerprint density at radius 3 is 2.35 bits per heavy atom. The minimum Gasteiger partial charge on any atom is -0.478 e. The van der Waals surface area contributed by atoms with Crippen molar-refractivity contribution in [3.05, 3.63) is 76.3 Å². The third-order valence-electron chi connectivity index (χ3n) is 4.44. The molecule has 1 fully saturated rings. The summed E-state index contributed by atoms with van der Waals surface area (Å²) in [5, 5.41) is 21.1. The number of rotatable bonds is 8. The monoisotopic (exact) mass is 356 g/mol. The van der Waals surface area contributed by atoms with E-state index < -0.39 is 23.2 Å². The lowest BCUT2D eigenvalue weighted by molar-refractivity contribution is -0.482. The van der Waals surface area contributed by atoms with E-state index in [1.54, 1.807) is 36.4 Å². The first-order valence-electron chi connectivity index (χ1n) is 8.43. The summed E-state index contributed by atoms with van der Waals surface area (Å²) in [6, 6.07) is 17.5. The zero-order chi connectivity index (χ0) is 18.5. The normalized spacial score (nSPS) is 20.3. The third-order valence-corrected chi connectivity index (χ3v) is 4.44. The molecule has 0 aliphatic carbocycles. The van der Waals surface area contributed by atoms with Crippen molar-refractivity contribution in [1.29, 1.82) is 0 Å². The van der Waals surface area contributed by atoms with Gasteiger partial charge in [-0.2, -0.15) is 0 Å². The van der Waals surface area contributed by atoms with Gasteiger partial charge in [0.15, 0.2) is 6.10 Å². The van der Waals surface area contributed by atoms with Gasteiger partial charge in [-0.05, 0) is 17.7 Å². The molecular formula is C19H20N2O5. The average Bonchev–Trinajstić information content (AvgIpc) is 2.67. The molecular weight excluding hydrogens is 336 g/mol. The molecule has 0 spiro atoms. The number of aliphatic hydroxyl groups excluding tert-OH is 1. The number of nitrogens with zero attached hydrogens (tertiary/aromatic N) is 2. The van der Waals surface area contributed by atoms with Crippen molar-refractivity contribution in [3.63, 3.8) is 0 Å². The number of β-amino-alcohol motifs (C(OH)–C–C–N with tert-alkyl or cyclic N) is 1. The first kappa shape index (κ1) is 17.9. The average molecular weight is 356 g/mol. The fourth-order valence-electron chi connectivity index (χ4n) is 3.08. The predicted octanol–water partition coefficient (Wildman–Crippen LogP) is 2.05. The van der Waals surface area contributed by atoms with Crippen LogP contribution in [-0.4, -0.2) is 46.1 Å². The fraction of sp³-hybridized carbons (Fsp3) is 0.316. The van der Waals surface area contributed by atoms with Gasteiger partial charge >= 0.3 is 0 Å². The largest absolute Gasteiger partial charge is 0.478 e. The van der Waals surface area contributed by atoms with Crippen LogP contribution in [0.4, 0.5) is 0 Å². The maximum atomic E-state index is 12.5. The summed E-state index contributed by atoms with van der Waals surface area (Å²) in [5.41, 5.74) is 0.695. The van der Waals surface area contributed by atoms with Crippen LogP contribution >= 0.6 is 0 Å². The van der Waals surface area contributed by atoms with Crippen molar-refractivity contribution in [1.82, 2.24) is 4.90 Å². The number of ether oxygens (including phenoxy) is 1. The van der Waals surface area contributed by atoms with E-state index >= 15 is 0 Å². The highest BCUT2D eigenvalue weighted by atomic mass is 16.6. The Hall–Kier alpha value is -2.93. The van der Waals surface area contributed by atoms with Gasteiger partial charge < -0.3 is 14.7 Å². The topological polar surface area (TPSA) is 92.9 Å². The number of hydrogen-bond donors (Lipinski definition) is 1. The number of para-hydroxylation sites is 1. The molecule has 0 saturated carbocycles. The van der Waals surface area contributed by atoms with Crippen molar-refractivity contribution in [2.24, 2.45) is 0 Å². The molecule has 26 heavy (non-hydrogen) atoms. The van der Waals surface area contributed by atoms with Crippen molar-refractivity contribution < 1.29 is 19.6 Å². The van der Waals surface area contributed by atoms with E-state index in [0.29, 0.717) is 11.3 Å². The van der Waals surface area contributed by atoms with E-state index in [1.165, 1.54) is 4.90 Å². The summed E-state index contributed by atoms with van der Waals surface area (Å²) in [7, 11) is 0. The molecule has 3 atom stereocenters. The summed E-state index contributed by atoms with van der Waals surface area (Å²) >= 11 is 0. The number of carbonyl (C=O) groups is 1. The van der Waals surface area contributed by atoms with Gasteiger partial charge in [0.05, 0.1) is 18.7 Å². The van der Waals surface area contributed by atoms with Crippen LogP contribution in [0.3, 0.4) is 0 Å². The van der Waals surface area contributed by atoms with E-state index in [9.17, 15) is 20.0 Å². The van der Waals surface area contributed by atoms with Crippen molar-refractivity contribution in [3.8, 4) is 5.75 Å². The molecule has 1 saturated heterocycles. The molecule has 0 aromatic heterocycles. The standard InChI is InChI=1S/C19H20N2O5/c22-17(14-7-3-1-4-8-14)13-20-16(11-12-21(24)25)18(19(20)23)26-15-9-5-2-6-10-15/h1-10,16-18,22H,11-13H2/t16-,17?,18+/m1/s1. The van der Waals surface area contributed by atoms with Gasteiger partial charge in [-0.15, -0.1) is 0 Å². The summed E-state index contributed by atoms with van der Waals surface area (Å²) in [4.78, 5) is 24.3. The van der Waals surface area contributed by atoms with Crippen molar-refractivity contribution in [2.45, 2.75) is 24.7 Å². The number of hydrogen-bond acceptors (Lipinski definition) is 5. The molecule has 1 heterocycles. The van der Waals surface area contributed by atoms with E-state index in [-0.39, 0.29) is 25.4 Å². The summed E-state index contributed by atoms with van der Waals surface area (Å²) in [6.07, 6.45) is -1.44. The van der Waals surface area contributed by atoms with E-state index in [2.05, 4.69) is 0 Å². The Bertz CT molecular complexity index is 753. The number of aliphatic hydroxyl groups is 1. The number of benzene rings is 2. The van der Waals surface area contributed by atoms with Gasteiger partial charge in [0, 0.05) is 11.3 Å². The molecule has 2 aromatic rings. The van der Waals surface area contributed by atoms with Crippen LogP contribution in [0, 0.1) is 10.1 Å². The highest BCUT2D eigenvalue weighted by molar-refractivity contribution is 5.88. The smallest absolute Gasteiger partial charge is 0.266 e. The van der Waals surface area contributed by atoms with Gasteiger partial charge in [-0.1, -0.05) is 48.5 Å². The Morgan fingerprint density at radius 1 is 1.12 bits per heavy atom. The molecule has 7 heteroatoms. The predicted molar refractivity (Wildman–Crippen MR) is 94.2 cm³/mol. The van der Waals surface area contributed by atoms with Crippen LogP contribution < -0.4 is 4.74 Å². The summed E-state index contributed by atoms with van der Waals surface area (Å²) < 4.78 is 5.73. The molecule has 2 aromatic carbocycles. The van der Waals surface area contributed by atoms with Crippen LogP contribution in [-0.2, 0) is 4.79 Å². The highest BCUT2D eigenvalue weighted by Gasteiger charge is 2.50. The van der Waals surface area contributed by atoms with Crippen LogP contribution in [0.5, 0.6) is 5.75 Å². The molecule has 1 unspecified atom stereocenters. The van der Waals surface area contributed by atoms with Gasteiger partial charge in [0.1, 0.15) is 5.75 Å². The Balaban J connectivity index is 1.69. The lowest BCUT2D eigenvalue weighted by atomic mass is 9.93. The van der Waals surface area contributed by atoms with E-state index in [1.807, 2.05) is 24.3 Å². The maximum absolute atomic E-state index is 12.5. The lowest BCUT2D eigenvalue weighted by Crippen LogP contribution is -2.67. The van der Waals surface area contributed by atoms with Crippen LogP contribution in [0.15, 0.2) is 60.7 Å². The minimum atomic E-state index is -0.851. The minimum absolute atomic E-state index is 0.0832. The number of carbonyl (C=O) groups excluding carboxylic acids is 1. The molecule has 1 aliphatic heterocycles. The summed E-state index contributed by atoms with van der Waals surface area (Å²) in [5.74, 6) is 0.275. The van der Waals surface area contributed by atoms with Gasteiger partial charge in [0.2, 0.25) is 6.54 Å². The molecule has 1 aliphatic rings. The maximum Gasteiger partial charge on any atom is 0.266 e. The van der Waals surface area contributed by atoms with Gasteiger partial charge in [-0.3, -0.25) is 14.9 Å². The van der Waals surface area contributed by atoms with Crippen LogP contribution in [0.1, 0.15) is 18.1 Å². The number of β-lactam (4-membered cyclic amide) rings is 1. The molecule has 7 nitrogen and oxygen atoms in total. The quantitative estimate of drug-likeness (QED) is 0.444. The number of likely N-dealkylation sites (tertiary alicyclic amines) is 1. The molecule has 0 bridgehead atoms. The highest BCUT2D eigenvalue weighted by Crippen LogP contribution is 2.30. The van der Waals surface area contributed by atoms with Gasteiger partial charge in [-0.25, -0.2) is 0 Å². The van der Waals surface area contributed by atoms with E-state index in [0.717, 1.165) is 0 Å². The molecule has 1 amide bonds. The number of nitro groups is 1. The fourth-order valence-corrected chi connectivity index (χ4v) is 3.08. The Morgan fingerprint density at radius 2 is 1.73 bits per heavy atom. The first-order chi connectivity index (χ1) is 12.6. The van der Waals surface area contributed by atoms with Crippen molar-refractivity contribution in [2.75, 3.05) is 13.1 Å². The molecule has 3 rings (SSSR count). The summed E-state index contributed by atoms with van der Waals surface area (Å²) in [6.45, 7) is -0.176. The number of amides is 1. The lowest BCUT2D eigenvalue weighted by Gasteiger charge is -2.46. The zero-order valence-electron chi connectivity index (χ0n) is 14.1. The van der Waals surface area contributed by atoms with Gasteiger partial charge in [0.25, 0.3) is 5.91 Å². The Labute approximate surface area is 151 Å². The van der Waals surface area contributed by atoms with Crippen LogP contribution in [0.25, 0.3) is 0 Å². The molecule has 136 valence electrons. The second kappa shape index (κ2) is 7.97. The molecule has 0 radical (unpaired) electrons. The first-order valence-corrected chi connectivity index (χ1v) is 8.43. The second-order valence-corrected chi connectivity index (χ2v) is 6.18. The van der Waals surface area contributed by atoms with Crippen molar-refractivity contribution >= 4 is 5.91 Å². The SMILES string of the molecule is O=C1[C@@H](Oc2ccccc2)[C@@H](CC[N+](=O)[O-])N1CC(O)c1ccccc1. The zero-order valence-corrected chi connectivity index (χ0v) is 14.1. The van der Waals surface area contributed by atoms with Crippen LogP contribution in [0.2, 0.25) is 0 Å². The molecule has 1 N–H and O–H groups in total. The van der Waals surface area contributed by atoms with E-state index in [4.69, 9.17) is 4.74 Å².